The summed E-state index contributed by atoms with van der Waals surface area (Å²) in [4.78, 5) is 4.31. The van der Waals surface area contributed by atoms with E-state index in [0.717, 1.165) is 5.82 Å². The Hall–Kier alpha value is -3.89. The predicted octanol–water partition coefficient (Wildman–Crippen LogP) is 6.26. The third kappa shape index (κ3) is 5.37. The van der Waals surface area contributed by atoms with E-state index in [1.54, 1.807) is 0 Å². The minimum atomic E-state index is -1.39. The van der Waals surface area contributed by atoms with Gasteiger partial charge in [0.1, 0.15) is 0 Å². The fraction of sp³-hybridized carbons (Fsp3) is 0.147. The van der Waals surface area contributed by atoms with Crippen molar-refractivity contribution in [1.82, 2.24) is 9.55 Å². The highest BCUT2D eigenvalue weighted by atomic mass is 28.3. The number of rotatable bonds is 8. The van der Waals surface area contributed by atoms with Crippen LogP contribution in [0.4, 0.5) is 0 Å². The number of hydrogen-bond acceptors (Lipinski definition) is 1. The molecule has 5 aromatic rings. The molecule has 0 radical (unpaired) electrons. The Morgan fingerprint density at radius 3 is 1.58 bits per heavy atom. The van der Waals surface area contributed by atoms with Crippen LogP contribution < -0.4 is 10.9 Å². The second kappa shape index (κ2) is 12.1. The molecule has 6 rings (SSSR count). The van der Waals surface area contributed by atoms with Crippen molar-refractivity contribution in [2.24, 2.45) is 0 Å². The van der Waals surface area contributed by atoms with Crippen LogP contribution in [0.25, 0.3) is 0 Å². The van der Waals surface area contributed by atoms with Gasteiger partial charge in [-0.2, -0.15) is 0 Å². The molecule has 0 aliphatic heterocycles. The largest absolute Gasteiger partial charge is 0.326 e. The fourth-order valence-electron chi connectivity index (χ4n) is 5.74. The molecule has 0 spiro atoms. The average molecular weight is 511 g/mol. The van der Waals surface area contributed by atoms with Crippen LogP contribution in [-0.2, 0) is 5.16 Å². The van der Waals surface area contributed by atoms with Crippen LogP contribution in [0.15, 0.2) is 152 Å². The molecule has 1 unspecified atom stereocenters. The smallest absolute Gasteiger partial charge is 0.212 e. The lowest BCUT2D eigenvalue weighted by Crippen LogP contribution is -2.47. The number of aromatic nitrogens is 2. The Kier molecular flexibility index (Phi) is 8.20. The SMILES string of the molecule is C=C[SiH](C)C(c1ccccc1)(c1ccccc1)n1ccnc1.c1ccc(B(c2ccccc2)C2CC2)cc1. The Balaban J connectivity index is 0.000000162. The molecular weight excluding hydrogens is 475 g/mol. The Morgan fingerprint density at radius 2 is 1.21 bits per heavy atom. The molecule has 2 nitrogen and oxygen atoms in total. The van der Waals surface area contributed by atoms with Gasteiger partial charge in [0, 0.05) is 12.4 Å². The Morgan fingerprint density at radius 1 is 0.763 bits per heavy atom. The van der Waals surface area contributed by atoms with E-state index in [1.165, 1.54) is 34.9 Å². The van der Waals surface area contributed by atoms with E-state index < -0.39 is 8.80 Å². The quantitative estimate of drug-likeness (QED) is 0.226. The van der Waals surface area contributed by atoms with E-state index in [9.17, 15) is 0 Å². The van der Waals surface area contributed by atoms with E-state index in [2.05, 4.69) is 156 Å². The highest BCUT2D eigenvalue weighted by molar-refractivity contribution is 6.86. The zero-order chi connectivity index (χ0) is 26.2. The Bertz CT molecular complexity index is 1310. The van der Waals surface area contributed by atoms with Gasteiger partial charge < -0.3 is 4.57 Å². The Labute approximate surface area is 229 Å². The van der Waals surface area contributed by atoms with Gasteiger partial charge >= 0.3 is 0 Å². The minimum absolute atomic E-state index is 0.208. The summed E-state index contributed by atoms with van der Waals surface area (Å²) in [5.74, 6) is 0.866. The van der Waals surface area contributed by atoms with Crippen molar-refractivity contribution in [2.45, 2.75) is 30.4 Å². The van der Waals surface area contributed by atoms with E-state index in [0.29, 0.717) is 6.71 Å². The molecule has 4 heteroatoms. The molecule has 1 aliphatic rings. The summed E-state index contributed by atoms with van der Waals surface area (Å²) < 4.78 is 2.25. The maximum Gasteiger partial charge on any atom is 0.212 e. The summed E-state index contributed by atoms with van der Waals surface area (Å²) in [6.45, 7) is 7.07. The van der Waals surface area contributed by atoms with Crippen LogP contribution in [0.1, 0.15) is 24.0 Å². The van der Waals surface area contributed by atoms with Crippen LogP contribution in [0.5, 0.6) is 0 Å². The molecule has 38 heavy (non-hydrogen) atoms. The summed E-state index contributed by atoms with van der Waals surface area (Å²) in [6.07, 6.45) is 8.60. The summed E-state index contributed by atoms with van der Waals surface area (Å²) >= 11 is 0. The summed E-state index contributed by atoms with van der Waals surface area (Å²) in [6, 6.07) is 43.2. The van der Waals surface area contributed by atoms with Gasteiger partial charge in [-0.25, -0.2) is 4.98 Å². The fourth-order valence-corrected chi connectivity index (χ4v) is 8.14. The van der Waals surface area contributed by atoms with Crippen LogP contribution in [0.2, 0.25) is 12.4 Å². The van der Waals surface area contributed by atoms with Crippen LogP contribution >= 0.6 is 0 Å². The normalized spacial score (nSPS) is 13.6. The monoisotopic (exact) mass is 510 g/mol. The van der Waals surface area contributed by atoms with Crippen molar-refractivity contribution in [3.05, 3.63) is 163 Å². The molecule has 1 aromatic heterocycles. The van der Waals surface area contributed by atoms with Crippen molar-refractivity contribution in [3.63, 3.8) is 0 Å². The van der Waals surface area contributed by atoms with Gasteiger partial charge in [0.05, 0.1) is 20.3 Å². The van der Waals surface area contributed by atoms with E-state index in [1.807, 2.05) is 12.5 Å². The first-order valence-electron chi connectivity index (χ1n) is 13.6. The molecular formula is C34H35BN2Si. The molecule has 0 amide bonds. The summed E-state index contributed by atoms with van der Waals surface area (Å²) in [5.41, 5.74) is 7.67. The van der Waals surface area contributed by atoms with E-state index in [4.69, 9.17) is 0 Å². The van der Waals surface area contributed by atoms with Crippen molar-refractivity contribution in [2.75, 3.05) is 0 Å². The third-order valence-corrected chi connectivity index (χ3v) is 10.8. The lowest BCUT2D eigenvalue weighted by Gasteiger charge is -2.40. The van der Waals surface area contributed by atoms with Gasteiger partial charge in [-0.1, -0.05) is 157 Å². The molecule has 4 aromatic carbocycles. The molecule has 1 saturated carbocycles. The van der Waals surface area contributed by atoms with Crippen LogP contribution in [0.3, 0.4) is 0 Å². The topological polar surface area (TPSA) is 17.8 Å². The predicted molar refractivity (Wildman–Crippen MR) is 165 cm³/mol. The maximum absolute atomic E-state index is 4.31. The summed E-state index contributed by atoms with van der Waals surface area (Å²) in [5, 5.41) is -0.208. The molecule has 0 bridgehead atoms. The minimum Gasteiger partial charge on any atom is -0.326 e. The van der Waals surface area contributed by atoms with Gasteiger partial charge in [0.2, 0.25) is 6.71 Å². The average Bonchev–Trinajstić information content (AvgIpc) is 3.67. The van der Waals surface area contributed by atoms with Gasteiger partial charge in [-0.05, 0) is 11.1 Å². The van der Waals surface area contributed by atoms with Crippen molar-refractivity contribution < 1.29 is 0 Å². The highest BCUT2D eigenvalue weighted by Gasteiger charge is 2.40. The first kappa shape index (κ1) is 25.7. The number of hydrogen-bond donors (Lipinski definition) is 0. The molecule has 0 N–H and O–H groups in total. The standard InChI is InChI=1S/C19H20N2Si.C15H15B/c1-3-22(2)19(21-15-14-20-16-21,17-10-6-4-7-11-17)18-12-8-5-9-13-18;1-3-7-13(8-4-1)16(15-11-12-15)14-9-5-2-6-10-14/h3-16,22H,1H2,2H3;1-10,15H,11-12H2. The van der Waals surface area contributed by atoms with Crippen molar-refractivity contribution in [3.8, 4) is 0 Å². The molecule has 1 heterocycles. The number of benzene rings is 4. The second-order valence-electron chi connectivity index (χ2n) is 10.1. The molecule has 188 valence electrons. The summed E-state index contributed by atoms with van der Waals surface area (Å²) in [7, 11) is -1.39. The maximum atomic E-state index is 4.31. The van der Waals surface area contributed by atoms with Gasteiger partial charge in [0.25, 0.3) is 0 Å². The van der Waals surface area contributed by atoms with Gasteiger partial charge in [-0.15, -0.1) is 12.3 Å². The molecule has 1 atom stereocenters. The number of nitrogens with zero attached hydrogens (tertiary/aromatic N) is 2. The zero-order valence-electron chi connectivity index (χ0n) is 22.1. The molecule has 1 aliphatic carbocycles. The van der Waals surface area contributed by atoms with Crippen molar-refractivity contribution in [1.29, 1.82) is 0 Å². The lowest BCUT2D eigenvalue weighted by molar-refractivity contribution is 0.587. The highest BCUT2D eigenvalue weighted by Crippen LogP contribution is 2.39. The second-order valence-corrected chi connectivity index (χ2v) is 13.0. The first-order valence-corrected chi connectivity index (χ1v) is 16.0. The molecule has 0 saturated heterocycles. The molecule has 1 fully saturated rings. The first-order chi connectivity index (χ1) is 18.7. The van der Waals surface area contributed by atoms with E-state index in [-0.39, 0.29) is 5.16 Å². The number of imidazole rings is 1. The van der Waals surface area contributed by atoms with Crippen LogP contribution in [-0.4, -0.2) is 25.1 Å². The van der Waals surface area contributed by atoms with Gasteiger partial charge in [0.15, 0.2) is 0 Å². The van der Waals surface area contributed by atoms with E-state index >= 15 is 0 Å². The lowest BCUT2D eigenvalue weighted by atomic mass is 9.37. The van der Waals surface area contributed by atoms with Crippen molar-refractivity contribution >= 4 is 26.4 Å². The van der Waals surface area contributed by atoms with Crippen LogP contribution in [0, 0.1) is 0 Å². The third-order valence-electron chi connectivity index (χ3n) is 7.76. The van der Waals surface area contributed by atoms with Gasteiger partial charge in [-0.3, -0.25) is 0 Å². The zero-order valence-corrected chi connectivity index (χ0v) is 23.3.